The molecule has 0 atom stereocenters. The van der Waals surface area contributed by atoms with E-state index in [4.69, 9.17) is 20.8 Å². The molecule has 0 amide bonds. The van der Waals surface area contributed by atoms with Crippen LogP contribution < -0.4 is 10.4 Å². The normalized spacial score (nSPS) is 10.6. The Morgan fingerprint density at radius 2 is 1.86 bits per heavy atom. The monoisotopic (exact) mass is 314 g/mol. The van der Waals surface area contributed by atoms with Crippen molar-refractivity contribution in [2.75, 3.05) is 0 Å². The van der Waals surface area contributed by atoms with Gasteiger partial charge in [-0.1, -0.05) is 29.8 Å². The van der Waals surface area contributed by atoms with Gasteiger partial charge in [-0.2, -0.15) is 0 Å². The second-order valence-corrected chi connectivity index (χ2v) is 5.19. The Kier molecular flexibility index (Phi) is 3.69. The van der Waals surface area contributed by atoms with Gasteiger partial charge < -0.3 is 9.15 Å². The third kappa shape index (κ3) is 2.73. The maximum Gasteiger partial charge on any atom is 0.343 e. The molecule has 1 heterocycles. The highest BCUT2D eigenvalue weighted by atomic mass is 35.5. The fourth-order valence-corrected chi connectivity index (χ4v) is 2.33. The molecule has 3 rings (SSSR count). The van der Waals surface area contributed by atoms with Gasteiger partial charge in [0.2, 0.25) is 0 Å². The van der Waals surface area contributed by atoms with E-state index in [0.29, 0.717) is 16.5 Å². The first-order chi connectivity index (χ1) is 10.5. The predicted octanol–water partition coefficient (Wildman–Crippen LogP) is 3.97. The van der Waals surface area contributed by atoms with E-state index in [1.807, 2.05) is 0 Å². The molecular formula is C17H11ClO4. The minimum Gasteiger partial charge on any atom is -0.423 e. The highest BCUT2D eigenvalue weighted by molar-refractivity contribution is 6.33. The fourth-order valence-electron chi connectivity index (χ4n) is 2.13. The van der Waals surface area contributed by atoms with E-state index in [2.05, 4.69) is 0 Å². The minimum absolute atomic E-state index is 0.150. The van der Waals surface area contributed by atoms with Crippen LogP contribution in [0.15, 0.2) is 57.7 Å². The van der Waals surface area contributed by atoms with Crippen LogP contribution in [0.5, 0.6) is 5.75 Å². The standard InChI is InChI=1S/C17H11ClO4/c1-10-7-16(19)21-14-9-15(13(18)8-12(10)14)22-17(20)11-5-3-2-4-6-11/h2-9H,1H3. The predicted molar refractivity (Wildman–Crippen MR) is 83.6 cm³/mol. The van der Waals surface area contributed by atoms with Crippen molar-refractivity contribution in [2.45, 2.75) is 6.92 Å². The molecule has 3 aromatic rings. The highest BCUT2D eigenvalue weighted by Gasteiger charge is 2.13. The summed E-state index contributed by atoms with van der Waals surface area (Å²) >= 11 is 6.15. The zero-order valence-electron chi connectivity index (χ0n) is 11.6. The molecule has 5 heteroatoms. The van der Waals surface area contributed by atoms with Crippen molar-refractivity contribution in [2.24, 2.45) is 0 Å². The summed E-state index contributed by atoms with van der Waals surface area (Å²) in [5.41, 5.74) is 1.01. The summed E-state index contributed by atoms with van der Waals surface area (Å²) in [6.45, 7) is 1.78. The lowest BCUT2D eigenvalue weighted by Crippen LogP contribution is -2.08. The molecule has 0 aliphatic heterocycles. The Morgan fingerprint density at radius 3 is 2.59 bits per heavy atom. The van der Waals surface area contributed by atoms with E-state index in [0.717, 1.165) is 5.56 Å². The van der Waals surface area contributed by atoms with Gasteiger partial charge in [0.05, 0.1) is 10.6 Å². The van der Waals surface area contributed by atoms with Gasteiger partial charge in [-0.05, 0) is 30.7 Å². The Hall–Kier alpha value is -2.59. The number of rotatable bonds is 2. The van der Waals surface area contributed by atoms with Crippen LogP contribution in [0.4, 0.5) is 0 Å². The molecule has 0 N–H and O–H groups in total. The van der Waals surface area contributed by atoms with Crippen LogP contribution in [0.25, 0.3) is 11.0 Å². The van der Waals surface area contributed by atoms with Gasteiger partial charge in [0.25, 0.3) is 0 Å². The first kappa shape index (κ1) is 14.4. The number of carbonyl (C=O) groups is 1. The van der Waals surface area contributed by atoms with Crippen LogP contribution >= 0.6 is 11.6 Å². The molecule has 0 unspecified atom stereocenters. The Bertz CT molecular complexity index is 913. The van der Waals surface area contributed by atoms with Crippen molar-refractivity contribution < 1.29 is 13.9 Å². The Morgan fingerprint density at radius 1 is 1.14 bits per heavy atom. The maximum atomic E-state index is 12.1. The average Bonchev–Trinajstić information content (AvgIpc) is 2.50. The fraction of sp³-hybridized carbons (Fsp3) is 0.0588. The topological polar surface area (TPSA) is 56.5 Å². The summed E-state index contributed by atoms with van der Waals surface area (Å²) in [5.74, 6) is -0.381. The smallest absolute Gasteiger partial charge is 0.343 e. The first-order valence-electron chi connectivity index (χ1n) is 6.56. The minimum atomic E-state index is -0.531. The molecule has 4 nitrogen and oxygen atoms in total. The van der Waals surface area contributed by atoms with Crippen molar-refractivity contribution in [3.05, 3.63) is 75.1 Å². The van der Waals surface area contributed by atoms with E-state index >= 15 is 0 Å². The average molecular weight is 315 g/mol. The summed E-state index contributed by atoms with van der Waals surface area (Å²) in [5, 5.41) is 0.970. The second kappa shape index (κ2) is 5.66. The quantitative estimate of drug-likeness (QED) is 0.408. The molecular weight excluding hydrogens is 304 g/mol. The number of hydrogen-bond acceptors (Lipinski definition) is 4. The van der Waals surface area contributed by atoms with Gasteiger partial charge in [0.1, 0.15) is 5.58 Å². The SMILES string of the molecule is Cc1cc(=O)oc2cc(OC(=O)c3ccccc3)c(Cl)cc12. The summed E-state index contributed by atoms with van der Waals surface area (Å²) in [6, 6.07) is 13.0. The largest absolute Gasteiger partial charge is 0.423 e. The molecule has 0 saturated carbocycles. The number of halogens is 1. The van der Waals surface area contributed by atoms with E-state index < -0.39 is 11.6 Å². The summed E-state index contributed by atoms with van der Waals surface area (Å²) < 4.78 is 10.4. The lowest BCUT2D eigenvalue weighted by Gasteiger charge is -2.08. The number of esters is 1. The molecule has 0 spiro atoms. The molecule has 0 saturated heterocycles. The van der Waals surface area contributed by atoms with Gasteiger partial charge in [-0.3, -0.25) is 0 Å². The van der Waals surface area contributed by atoms with Gasteiger partial charge in [-0.15, -0.1) is 0 Å². The molecule has 0 radical (unpaired) electrons. The zero-order chi connectivity index (χ0) is 15.7. The highest BCUT2D eigenvalue weighted by Crippen LogP contribution is 2.31. The van der Waals surface area contributed by atoms with Crippen molar-refractivity contribution in [1.29, 1.82) is 0 Å². The van der Waals surface area contributed by atoms with E-state index in [-0.39, 0.29) is 10.8 Å². The molecule has 0 bridgehead atoms. The molecule has 22 heavy (non-hydrogen) atoms. The Balaban J connectivity index is 2.03. The third-order valence-electron chi connectivity index (χ3n) is 3.22. The van der Waals surface area contributed by atoms with Crippen LogP contribution in [0.1, 0.15) is 15.9 Å². The van der Waals surface area contributed by atoms with Crippen LogP contribution in [-0.2, 0) is 0 Å². The van der Waals surface area contributed by atoms with E-state index in [9.17, 15) is 9.59 Å². The maximum absolute atomic E-state index is 12.1. The second-order valence-electron chi connectivity index (χ2n) is 4.78. The number of aryl methyl sites for hydroxylation is 1. The molecule has 2 aromatic carbocycles. The van der Waals surface area contributed by atoms with Crippen LogP contribution in [-0.4, -0.2) is 5.97 Å². The summed E-state index contributed by atoms with van der Waals surface area (Å²) in [4.78, 5) is 23.5. The van der Waals surface area contributed by atoms with Crippen molar-refractivity contribution >= 4 is 28.5 Å². The van der Waals surface area contributed by atoms with Crippen molar-refractivity contribution in [3.63, 3.8) is 0 Å². The Labute approximate surface area is 130 Å². The molecule has 110 valence electrons. The lowest BCUT2D eigenvalue weighted by molar-refractivity contribution is 0.0735. The van der Waals surface area contributed by atoms with Gasteiger partial charge in [-0.25, -0.2) is 9.59 Å². The van der Waals surface area contributed by atoms with Crippen molar-refractivity contribution in [3.8, 4) is 5.75 Å². The number of benzene rings is 2. The van der Waals surface area contributed by atoms with Crippen LogP contribution in [0, 0.1) is 6.92 Å². The number of carbonyl (C=O) groups excluding carboxylic acids is 1. The van der Waals surface area contributed by atoms with Crippen LogP contribution in [0.3, 0.4) is 0 Å². The van der Waals surface area contributed by atoms with E-state index in [1.165, 1.54) is 12.1 Å². The molecule has 0 aliphatic rings. The summed E-state index contributed by atoms with van der Waals surface area (Å²) in [7, 11) is 0. The zero-order valence-corrected chi connectivity index (χ0v) is 12.4. The van der Waals surface area contributed by atoms with Gasteiger partial charge in [0, 0.05) is 17.5 Å². The van der Waals surface area contributed by atoms with Crippen LogP contribution in [0.2, 0.25) is 5.02 Å². The van der Waals surface area contributed by atoms with Gasteiger partial charge >= 0.3 is 11.6 Å². The number of fused-ring (bicyclic) bond motifs is 1. The van der Waals surface area contributed by atoms with E-state index in [1.54, 1.807) is 43.3 Å². The third-order valence-corrected chi connectivity index (χ3v) is 3.51. The molecule has 0 fully saturated rings. The summed E-state index contributed by atoms with van der Waals surface area (Å²) in [6.07, 6.45) is 0. The molecule has 1 aromatic heterocycles. The molecule has 0 aliphatic carbocycles. The number of ether oxygens (including phenoxy) is 1. The first-order valence-corrected chi connectivity index (χ1v) is 6.93. The van der Waals surface area contributed by atoms with Gasteiger partial charge in [0.15, 0.2) is 5.75 Å². The number of hydrogen-bond donors (Lipinski definition) is 0. The lowest BCUT2D eigenvalue weighted by atomic mass is 10.1. The van der Waals surface area contributed by atoms with Crippen molar-refractivity contribution in [1.82, 2.24) is 0 Å².